The lowest BCUT2D eigenvalue weighted by molar-refractivity contribution is 0.141. The van der Waals surface area contributed by atoms with Gasteiger partial charge in [0, 0.05) is 7.11 Å². The Bertz CT molecular complexity index is 479. The molecule has 1 rings (SSSR count). The number of hydrogen-bond acceptors (Lipinski definition) is 5. The zero-order valence-corrected chi connectivity index (χ0v) is 11.9. The molecule has 2 N–H and O–H groups in total. The molecule has 6 nitrogen and oxygen atoms in total. The van der Waals surface area contributed by atoms with Gasteiger partial charge in [-0.15, -0.1) is 0 Å². The zero-order chi connectivity index (χ0) is 13.8. The predicted octanol–water partition coefficient (Wildman–Crippen LogP) is 0.702. The van der Waals surface area contributed by atoms with Crippen molar-refractivity contribution in [2.45, 2.75) is 31.0 Å². The Kier molecular flexibility index (Phi) is 4.92. The first-order chi connectivity index (χ1) is 8.30. The van der Waals surface area contributed by atoms with Crippen molar-refractivity contribution >= 4 is 10.0 Å². The van der Waals surface area contributed by atoms with Crippen molar-refractivity contribution in [3.05, 3.63) is 17.9 Å². The molecule has 0 bridgehead atoms. The summed E-state index contributed by atoms with van der Waals surface area (Å²) in [5, 5.41) is 2.80. The molecule has 0 fully saturated rings. The molecule has 1 heterocycles. The summed E-state index contributed by atoms with van der Waals surface area (Å²) in [4.78, 5) is 0. The fourth-order valence-electron chi connectivity index (χ4n) is 1.58. The van der Waals surface area contributed by atoms with E-state index in [4.69, 9.17) is 9.15 Å². The van der Waals surface area contributed by atoms with Crippen LogP contribution in [-0.4, -0.2) is 34.7 Å². The fourth-order valence-corrected chi connectivity index (χ4v) is 2.93. The first-order valence-electron chi connectivity index (χ1n) is 5.57. The Labute approximate surface area is 108 Å². The molecule has 7 heteroatoms. The molecule has 0 unspecified atom stereocenters. The van der Waals surface area contributed by atoms with E-state index >= 15 is 0 Å². The maximum absolute atomic E-state index is 12.1. The Morgan fingerprint density at radius 3 is 2.61 bits per heavy atom. The summed E-state index contributed by atoms with van der Waals surface area (Å²) in [6.45, 7) is 4.24. The molecule has 0 atom stereocenters. The zero-order valence-electron chi connectivity index (χ0n) is 11.1. The maximum Gasteiger partial charge on any atom is 0.274 e. The van der Waals surface area contributed by atoms with E-state index in [1.54, 1.807) is 27.0 Å². The van der Waals surface area contributed by atoms with Gasteiger partial charge in [0.25, 0.3) is 10.0 Å². The third-order valence-electron chi connectivity index (χ3n) is 2.17. The number of furan rings is 1. The van der Waals surface area contributed by atoms with Gasteiger partial charge in [-0.05, 0) is 33.0 Å². The van der Waals surface area contributed by atoms with Gasteiger partial charge in [0.1, 0.15) is 5.76 Å². The summed E-state index contributed by atoms with van der Waals surface area (Å²) in [5.41, 5.74) is -0.691. The van der Waals surface area contributed by atoms with Crippen LogP contribution in [0.15, 0.2) is 21.6 Å². The van der Waals surface area contributed by atoms with Crippen molar-refractivity contribution in [1.29, 1.82) is 0 Å². The molecule has 0 aliphatic heterocycles. The second kappa shape index (κ2) is 5.83. The minimum absolute atomic E-state index is 0.0862. The van der Waals surface area contributed by atoms with Crippen LogP contribution in [0, 0.1) is 0 Å². The Hall–Kier alpha value is -0.890. The molecular weight excluding hydrogens is 256 g/mol. The number of nitrogens with one attached hydrogen (secondary N) is 2. The second-order valence-electron chi connectivity index (χ2n) is 4.67. The smallest absolute Gasteiger partial charge is 0.274 e. The first-order valence-corrected chi connectivity index (χ1v) is 7.05. The maximum atomic E-state index is 12.1. The molecule has 0 aliphatic rings. The van der Waals surface area contributed by atoms with Crippen LogP contribution in [0.4, 0.5) is 0 Å². The average molecular weight is 276 g/mol. The standard InChI is InChI=1S/C11H20N2O4S/c1-11(2,8-16-4)13-18(14,15)10-6-5-9(17-10)7-12-3/h5-6,12-13H,7-8H2,1-4H3. The van der Waals surface area contributed by atoms with E-state index in [1.165, 1.54) is 13.2 Å². The van der Waals surface area contributed by atoms with Crippen molar-refractivity contribution in [2.75, 3.05) is 20.8 Å². The molecule has 104 valence electrons. The van der Waals surface area contributed by atoms with Crippen molar-refractivity contribution < 1.29 is 17.6 Å². The Morgan fingerprint density at radius 1 is 1.39 bits per heavy atom. The topological polar surface area (TPSA) is 80.6 Å². The van der Waals surface area contributed by atoms with E-state index in [0.29, 0.717) is 12.3 Å². The largest absolute Gasteiger partial charge is 0.447 e. The highest BCUT2D eigenvalue weighted by molar-refractivity contribution is 7.89. The minimum Gasteiger partial charge on any atom is -0.447 e. The van der Waals surface area contributed by atoms with Crippen LogP contribution >= 0.6 is 0 Å². The van der Waals surface area contributed by atoms with Gasteiger partial charge in [0.15, 0.2) is 0 Å². The van der Waals surface area contributed by atoms with E-state index in [1.807, 2.05) is 0 Å². The fraction of sp³-hybridized carbons (Fsp3) is 0.636. The van der Waals surface area contributed by atoms with Gasteiger partial charge in [-0.3, -0.25) is 0 Å². The van der Waals surface area contributed by atoms with E-state index in [0.717, 1.165) is 0 Å². The molecule has 0 aromatic carbocycles. The molecule has 1 aromatic rings. The van der Waals surface area contributed by atoms with Crippen LogP contribution in [0.5, 0.6) is 0 Å². The third kappa shape index (κ3) is 4.09. The van der Waals surface area contributed by atoms with E-state index < -0.39 is 15.6 Å². The van der Waals surface area contributed by atoms with Gasteiger partial charge in [0.2, 0.25) is 5.09 Å². The normalized spacial score (nSPS) is 12.9. The van der Waals surface area contributed by atoms with Gasteiger partial charge < -0.3 is 14.5 Å². The van der Waals surface area contributed by atoms with Gasteiger partial charge in [-0.25, -0.2) is 13.1 Å². The molecule has 18 heavy (non-hydrogen) atoms. The molecule has 0 aliphatic carbocycles. The Morgan fingerprint density at radius 2 is 2.06 bits per heavy atom. The van der Waals surface area contributed by atoms with Crippen molar-refractivity contribution in [2.24, 2.45) is 0 Å². The van der Waals surface area contributed by atoms with E-state index in [9.17, 15) is 8.42 Å². The van der Waals surface area contributed by atoms with Gasteiger partial charge >= 0.3 is 0 Å². The van der Waals surface area contributed by atoms with Crippen LogP contribution in [-0.2, 0) is 21.3 Å². The van der Waals surface area contributed by atoms with Gasteiger partial charge in [0.05, 0.1) is 18.7 Å². The molecule has 0 spiro atoms. The van der Waals surface area contributed by atoms with E-state index in [2.05, 4.69) is 10.0 Å². The van der Waals surface area contributed by atoms with Crippen molar-refractivity contribution in [1.82, 2.24) is 10.0 Å². The van der Waals surface area contributed by atoms with Crippen LogP contribution in [0.3, 0.4) is 0 Å². The quantitative estimate of drug-likeness (QED) is 0.766. The lowest BCUT2D eigenvalue weighted by Gasteiger charge is -2.24. The summed E-state index contributed by atoms with van der Waals surface area (Å²) < 4.78 is 36.9. The number of ether oxygens (including phenoxy) is 1. The minimum atomic E-state index is -3.66. The summed E-state index contributed by atoms with van der Waals surface area (Å²) in [7, 11) is -0.380. The highest BCUT2D eigenvalue weighted by Crippen LogP contribution is 2.16. The SMILES string of the molecule is CNCc1ccc(S(=O)(=O)NC(C)(C)COC)o1. The number of sulfonamides is 1. The molecule has 0 radical (unpaired) electrons. The highest BCUT2D eigenvalue weighted by atomic mass is 32.2. The van der Waals surface area contributed by atoms with Crippen LogP contribution in [0.2, 0.25) is 0 Å². The summed E-state index contributed by atoms with van der Waals surface area (Å²) >= 11 is 0. The monoisotopic (exact) mass is 276 g/mol. The summed E-state index contributed by atoms with van der Waals surface area (Å²) in [5.74, 6) is 0.572. The summed E-state index contributed by atoms with van der Waals surface area (Å²) in [6.07, 6.45) is 0. The number of hydrogen-bond donors (Lipinski definition) is 2. The third-order valence-corrected chi connectivity index (χ3v) is 3.74. The molecular formula is C11H20N2O4S. The molecule has 0 saturated heterocycles. The molecule has 0 saturated carbocycles. The van der Waals surface area contributed by atoms with Crippen LogP contribution in [0.1, 0.15) is 19.6 Å². The lowest BCUT2D eigenvalue weighted by atomic mass is 10.1. The number of methoxy groups -OCH3 is 1. The van der Waals surface area contributed by atoms with Crippen LogP contribution < -0.4 is 10.0 Å². The lowest BCUT2D eigenvalue weighted by Crippen LogP contribution is -2.46. The molecule has 0 amide bonds. The van der Waals surface area contributed by atoms with E-state index in [-0.39, 0.29) is 11.7 Å². The van der Waals surface area contributed by atoms with Gasteiger partial charge in [-0.2, -0.15) is 0 Å². The average Bonchev–Trinajstić information content (AvgIpc) is 2.65. The second-order valence-corrected chi connectivity index (χ2v) is 6.29. The van der Waals surface area contributed by atoms with Crippen molar-refractivity contribution in [3.8, 4) is 0 Å². The summed E-state index contributed by atoms with van der Waals surface area (Å²) in [6, 6.07) is 3.08. The predicted molar refractivity (Wildman–Crippen MR) is 67.7 cm³/mol. The Balaban J connectivity index is 2.85. The van der Waals surface area contributed by atoms with Gasteiger partial charge in [-0.1, -0.05) is 0 Å². The van der Waals surface area contributed by atoms with Crippen molar-refractivity contribution in [3.63, 3.8) is 0 Å². The highest BCUT2D eigenvalue weighted by Gasteiger charge is 2.28. The number of rotatable bonds is 7. The van der Waals surface area contributed by atoms with Crippen LogP contribution in [0.25, 0.3) is 0 Å². The first kappa shape index (κ1) is 15.2. The molecule has 1 aromatic heterocycles.